The van der Waals surface area contributed by atoms with Crippen molar-refractivity contribution in [2.24, 2.45) is 34.5 Å². The number of fused-ring (bicyclic) bond motifs is 3. The first-order valence-corrected chi connectivity index (χ1v) is 29.8. The van der Waals surface area contributed by atoms with Crippen LogP contribution in [-0.4, -0.2) is 331 Å². The second kappa shape index (κ2) is 29.5. The van der Waals surface area contributed by atoms with Crippen LogP contribution >= 0.6 is 0 Å². The Hall–Kier alpha value is -1.99. The van der Waals surface area contributed by atoms with E-state index in [1.807, 2.05) is 0 Å². The number of aliphatic hydroxyl groups is 21. The van der Waals surface area contributed by atoms with E-state index in [9.17, 15) is 107 Å². The molecule has 8 rings (SSSR count). The Bertz CT molecular complexity index is 2200. The molecule has 32 nitrogen and oxygen atoms in total. The first-order chi connectivity index (χ1) is 41.1. The van der Waals surface area contributed by atoms with Gasteiger partial charge in [-0.3, -0.25) is 4.79 Å². The average molecular weight is 1270 g/mol. The predicted octanol–water partition coefficient (Wildman–Crippen LogP) is -9.35. The molecule has 5 heterocycles. The fourth-order valence-corrected chi connectivity index (χ4v) is 14.8. The highest BCUT2D eigenvalue weighted by atomic mass is 16.8. The number of hydrogen-bond acceptors (Lipinski definition) is 32. The zero-order valence-corrected chi connectivity index (χ0v) is 48.2. The van der Waals surface area contributed by atoms with E-state index < -0.39 is 246 Å². The highest BCUT2D eigenvalue weighted by Crippen LogP contribution is 2.64. The molecule has 3 aliphatic carbocycles. The Morgan fingerprint density at radius 3 is 1.43 bits per heavy atom. The fourth-order valence-electron chi connectivity index (χ4n) is 14.8. The topological polar surface area (TPSA) is 534 Å². The van der Waals surface area contributed by atoms with Gasteiger partial charge in [0, 0.05) is 0 Å². The highest BCUT2D eigenvalue weighted by molar-refractivity contribution is 5.77. The second-order valence-electron chi connectivity index (χ2n) is 25.3. The lowest BCUT2D eigenvalue weighted by Gasteiger charge is -2.59. The van der Waals surface area contributed by atoms with Crippen LogP contribution in [0, 0.1) is 34.5 Å². The van der Waals surface area contributed by atoms with Gasteiger partial charge in [-0.25, -0.2) is 0 Å². The fraction of sp³-hybridized carbons (Fsp3) is 0.945. The summed E-state index contributed by atoms with van der Waals surface area (Å²) in [6.45, 7) is 2.83. The smallest absolute Gasteiger partial charge is 0.314 e. The molecule has 0 aromatic carbocycles. The quantitative estimate of drug-likeness (QED) is 0.0375. The van der Waals surface area contributed by atoms with E-state index in [4.69, 9.17) is 47.4 Å². The Morgan fingerprint density at radius 2 is 0.943 bits per heavy atom. The van der Waals surface area contributed by atoms with Crippen LogP contribution in [0.3, 0.4) is 0 Å². The van der Waals surface area contributed by atoms with Crippen molar-refractivity contribution in [3.63, 3.8) is 0 Å². The normalized spacial score (nSPS) is 49.6. The van der Waals surface area contributed by atoms with Crippen molar-refractivity contribution in [2.75, 3.05) is 39.6 Å². The first kappa shape index (κ1) is 70.9. The Kier molecular flexibility index (Phi) is 24.1. The number of esters is 1. The standard InChI is InChI=1S/C55H92O32/c1-19-11-21-6-8-30-54(2,22(21)7-5-20(19)12-24(32(64)31(63)23(62)13-56)78-50-45(40(72)35(67)27(16-59)81-50)84-48-43(75)38(70)33(65)25(14-57)79-48)9-4-10-55(30,3)53(77)87-52-47(42(74)37(69)29(18-61)83-52)86-51-46(41(73)36(68)28(17-60)82-51)85-49-44(76)39(71)34(66)26(15-58)80-49/h20-52,56-76H,1,4-18H2,2-3H3/t20?,21?,22-,23?,24?,25?,26?,27?,28?,29?,30?,31?,32?,33?,34?,35?,36?,37?,38?,39?,40?,41?,42?,43?,44?,45?,46?,47?,48?,49?,50?,51?,52?,54+,55-/m1/s1. The number of allylic oxidation sites excluding steroid dienone is 1. The maximum Gasteiger partial charge on any atom is 0.314 e. The molecule has 35 atom stereocenters. The molecule has 5 saturated heterocycles. The molecule has 32 unspecified atom stereocenters. The first-order valence-electron chi connectivity index (χ1n) is 29.8. The summed E-state index contributed by atoms with van der Waals surface area (Å²) in [6, 6.07) is 0. The molecule has 0 bridgehead atoms. The SMILES string of the molecule is C=C1CC2CCC3[C@](C)(C(=O)OC4OC(CO)C(O)C(O)C4OC4OC(CO)C(O)C(O)C4OC4OC(CO)C(O)C(O)C4O)CCC[C@@]3(C)[C@@H]2CCC1CC(OC1OC(CO)C(O)C(O)C1OC1OC(CO)C(O)C(O)C1O)C(O)C(O)C(O)CO. The van der Waals surface area contributed by atoms with Crippen LogP contribution in [0.15, 0.2) is 12.2 Å². The van der Waals surface area contributed by atoms with E-state index >= 15 is 4.79 Å². The largest absolute Gasteiger partial charge is 0.432 e. The van der Waals surface area contributed by atoms with Crippen LogP contribution in [-0.2, 0) is 52.2 Å². The summed E-state index contributed by atoms with van der Waals surface area (Å²) in [5.41, 5.74) is -1.21. The van der Waals surface area contributed by atoms with E-state index in [2.05, 4.69) is 13.5 Å². The molecule has 8 fully saturated rings. The predicted molar refractivity (Wildman–Crippen MR) is 282 cm³/mol. The van der Waals surface area contributed by atoms with E-state index in [-0.39, 0.29) is 18.3 Å². The molecule has 0 aromatic rings. The lowest BCUT2D eigenvalue weighted by Crippen LogP contribution is -2.67. The monoisotopic (exact) mass is 1260 g/mol. The third-order valence-electron chi connectivity index (χ3n) is 20.0. The van der Waals surface area contributed by atoms with Gasteiger partial charge in [-0.1, -0.05) is 25.5 Å². The molecular weight excluding hydrogens is 1170 g/mol. The molecular formula is C55H92O32. The van der Waals surface area contributed by atoms with Gasteiger partial charge >= 0.3 is 5.97 Å². The Morgan fingerprint density at radius 1 is 0.517 bits per heavy atom. The average Bonchev–Trinajstić information content (AvgIpc) is 1.57. The maximum absolute atomic E-state index is 15.1. The number of carbonyl (C=O) groups excluding carboxylic acids is 1. The van der Waals surface area contributed by atoms with Crippen molar-refractivity contribution in [1.29, 1.82) is 0 Å². The summed E-state index contributed by atoms with van der Waals surface area (Å²) in [7, 11) is 0. The number of carbonyl (C=O) groups is 1. The van der Waals surface area contributed by atoms with Crippen molar-refractivity contribution in [3.05, 3.63) is 12.2 Å². The third kappa shape index (κ3) is 14.1. The van der Waals surface area contributed by atoms with Gasteiger partial charge < -0.3 is 155 Å². The minimum absolute atomic E-state index is 0.0280. The zero-order chi connectivity index (χ0) is 63.9. The molecule has 8 aliphatic rings. The molecule has 504 valence electrons. The van der Waals surface area contributed by atoms with Crippen LogP contribution in [0.4, 0.5) is 0 Å². The summed E-state index contributed by atoms with van der Waals surface area (Å²) in [6.07, 6.45) is -50.6. The van der Waals surface area contributed by atoms with Gasteiger partial charge in [0.1, 0.15) is 134 Å². The van der Waals surface area contributed by atoms with Crippen LogP contribution in [0.2, 0.25) is 0 Å². The number of rotatable bonds is 21. The molecule has 0 radical (unpaired) electrons. The van der Waals surface area contributed by atoms with Crippen molar-refractivity contribution in [3.8, 4) is 0 Å². The van der Waals surface area contributed by atoms with Crippen molar-refractivity contribution in [1.82, 2.24) is 0 Å². The molecule has 0 amide bonds. The lowest BCUT2D eigenvalue weighted by molar-refractivity contribution is -0.391. The number of hydrogen-bond donors (Lipinski definition) is 21. The Balaban J connectivity index is 1.01. The zero-order valence-electron chi connectivity index (χ0n) is 48.2. The summed E-state index contributed by atoms with van der Waals surface area (Å²) >= 11 is 0. The Labute approximate surface area is 500 Å². The minimum atomic E-state index is -2.07. The van der Waals surface area contributed by atoms with Crippen molar-refractivity contribution < 1.29 is 159 Å². The summed E-state index contributed by atoms with van der Waals surface area (Å²) in [5, 5.41) is 224. The van der Waals surface area contributed by atoms with Gasteiger partial charge in [0.05, 0.1) is 51.2 Å². The van der Waals surface area contributed by atoms with E-state index in [1.54, 1.807) is 6.92 Å². The molecule has 32 heteroatoms. The van der Waals surface area contributed by atoms with E-state index in [0.717, 1.165) is 0 Å². The number of ether oxygens (including phenoxy) is 10. The molecule has 87 heavy (non-hydrogen) atoms. The third-order valence-corrected chi connectivity index (χ3v) is 20.0. The molecule has 0 aromatic heterocycles. The van der Waals surface area contributed by atoms with Gasteiger partial charge in [0.25, 0.3) is 0 Å². The van der Waals surface area contributed by atoms with Crippen LogP contribution in [0.25, 0.3) is 0 Å². The highest BCUT2D eigenvalue weighted by Gasteiger charge is 2.62. The van der Waals surface area contributed by atoms with Gasteiger partial charge in [-0.05, 0) is 87.4 Å². The molecule has 3 saturated carbocycles. The van der Waals surface area contributed by atoms with Gasteiger partial charge in [0.2, 0.25) is 6.29 Å². The summed E-state index contributed by atoms with van der Waals surface area (Å²) < 4.78 is 58.8. The van der Waals surface area contributed by atoms with Crippen molar-refractivity contribution in [2.45, 2.75) is 250 Å². The van der Waals surface area contributed by atoms with Crippen molar-refractivity contribution >= 4 is 5.97 Å². The van der Waals surface area contributed by atoms with E-state index in [1.165, 1.54) is 0 Å². The van der Waals surface area contributed by atoms with Crippen LogP contribution in [0.1, 0.15) is 71.6 Å². The second-order valence-corrected chi connectivity index (χ2v) is 25.3. The van der Waals surface area contributed by atoms with E-state index in [0.29, 0.717) is 56.9 Å². The van der Waals surface area contributed by atoms with Gasteiger partial charge in [-0.2, -0.15) is 0 Å². The van der Waals surface area contributed by atoms with Gasteiger partial charge in [0.15, 0.2) is 31.3 Å². The summed E-state index contributed by atoms with van der Waals surface area (Å²) in [4.78, 5) is 15.1. The minimum Gasteiger partial charge on any atom is -0.432 e. The number of aliphatic hydroxyl groups excluding tert-OH is 21. The summed E-state index contributed by atoms with van der Waals surface area (Å²) in [5.74, 6) is -1.91. The van der Waals surface area contributed by atoms with Crippen LogP contribution < -0.4 is 0 Å². The molecule has 21 N–H and O–H groups in total. The molecule has 0 spiro atoms. The van der Waals surface area contributed by atoms with Crippen LogP contribution in [0.5, 0.6) is 0 Å². The maximum atomic E-state index is 15.1. The lowest BCUT2D eigenvalue weighted by atomic mass is 9.45. The molecule has 5 aliphatic heterocycles. The van der Waals surface area contributed by atoms with Gasteiger partial charge in [-0.15, -0.1) is 0 Å².